The lowest BCUT2D eigenvalue weighted by molar-refractivity contribution is -0.122. The summed E-state index contributed by atoms with van der Waals surface area (Å²) in [6.45, 7) is 4.97. The Kier molecular flexibility index (Phi) is 5.61. The molecular formula is C25H26N2O3. The van der Waals surface area contributed by atoms with Crippen molar-refractivity contribution in [3.05, 3.63) is 66.7 Å². The van der Waals surface area contributed by atoms with Crippen LogP contribution in [0.2, 0.25) is 0 Å². The Bertz CT molecular complexity index is 1200. The van der Waals surface area contributed by atoms with Crippen LogP contribution in [0.4, 0.5) is 5.69 Å². The zero-order chi connectivity index (χ0) is 21.1. The van der Waals surface area contributed by atoms with Gasteiger partial charge in [-0.3, -0.25) is 4.79 Å². The third-order valence-electron chi connectivity index (χ3n) is 5.34. The molecule has 0 bridgehead atoms. The van der Waals surface area contributed by atoms with E-state index in [0.29, 0.717) is 17.9 Å². The minimum Gasteiger partial charge on any atom is -0.497 e. The van der Waals surface area contributed by atoms with Gasteiger partial charge in [-0.15, -0.1) is 0 Å². The number of hydrogen-bond acceptors (Lipinski definition) is 3. The number of rotatable bonds is 7. The van der Waals surface area contributed by atoms with Gasteiger partial charge in [0, 0.05) is 40.1 Å². The van der Waals surface area contributed by atoms with Crippen LogP contribution in [0.25, 0.3) is 21.8 Å². The molecule has 0 radical (unpaired) electrons. The molecule has 0 aliphatic rings. The second-order valence-corrected chi connectivity index (χ2v) is 7.18. The minimum absolute atomic E-state index is 0.168. The SMILES string of the molecule is CC[C@H](Oc1cccc(OC)c1)C(=O)Nc1ccc2c(c1)c1ccccc1n2CC. The van der Waals surface area contributed by atoms with Crippen LogP contribution in [0.3, 0.4) is 0 Å². The fourth-order valence-electron chi connectivity index (χ4n) is 3.86. The maximum Gasteiger partial charge on any atom is 0.265 e. The number of carbonyl (C=O) groups excluding carboxylic acids is 1. The Morgan fingerprint density at radius 3 is 2.47 bits per heavy atom. The quantitative estimate of drug-likeness (QED) is 0.437. The molecule has 1 heterocycles. The van der Waals surface area contributed by atoms with Crippen molar-refractivity contribution in [2.24, 2.45) is 0 Å². The van der Waals surface area contributed by atoms with E-state index in [1.54, 1.807) is 13.2 Å². The number of fused-ring (bicyclic) bond motifs is 3. The van der Waals surface area contributed by atoms with E-state index in [1.807, 2.05) is 43.3 Å². The van der Waals surface area contributed by atoms with Crippen LogP contribution in [0, 0.1) is 0 Å². The summed E-state index contributed by atoms with van der Waals surface area (Å²) in [7, 11) is 1.61. The first-order valence-electron chi connectivity index (χ1n) is 10.3. The van der Waals surface area contributed by atoms with Gasteiger partial charge in [-0.05, 0) is 49.7 Å². The third-order valence-corrected chi connectivity index (χ3v) is 5.34. The van der Waals surface area contributed by atoms with Gasteiger partial charge in [0.25, 0.3) is 5.91 Å². The van der Waals surface area contributed by atoms with Crippen LogP contribution < -0.4 is 14.8 Å². The van der Waals surface area contributed by atoms with E-state index < -0.39 is 6.10 Å². The fraction of sp³-hybridized carbons (Fsp3) is 0.240. The molecule has 5 nitrogen and oxygen atoms in total. The summed E-state index contributed by atoms with van der Waals surface area (Å²) in [6.07, 6.45) is -0.0368. The highest BCUT2D eigenvalue weighted by Crippen LogP contribution is 2.31. The first kappa shape index (κ1) is 19.8. The van der Waals surface area contributed by atoms with E-state index in [4.69, 9.17) is 9.47 Å². The number of anilines is 1. The average Bonchev–Trinajstić information content (AvgIpc) is 3.10. The Hall–Kier alpha value is -3.47. The number of aryl methyl sites for hydroxylation is 1. The van der Waals surface area contributed by atoms with Gasteiger partial charge in [0.15, 0.2) is 6.10 Å². The molecule has 154 valence electrons. The molecule has 3 aromatic carbocycles. The number of nitrogens with one attached hydrogen (secondary N) is 1. The van der Waals surface area contributed by atoms with Gasteiger partial charge in [-0.25, -0.2) is 0 Å². The van der Waals surface area contributed by atoms with Crippen molar-refractivity contribution in [2.45, 2.75) is 32.9 Å². The molecule has 0 unspecified atom stereocenters. The van der Waals surface area contributed by atoms with Gasteiger partial charge >= 0.3 is 0 Å². The molecule has 30 heavy (non-hydrogen) atoms. The molecule has 0 aliphatic carbocycles. The number of benzene rings is 3. The van der Waals surface area contributed by atoms with Crippen LogP contribution in [0.15, 0.2) is 66.7 Å². The largest absolute Gasteiger partial charge is 0.497 e. The highest BCUT2D eigenvalue weighted by atomic mass is 16.5. The summed E-state index contributed by atoms with van der Waals surface area (Å²) in [5.41, 5.74) is 3.13. The second-order valence-electron chi connectivity index (χ2n) is 7.18. The Morgan fingerprint density at radius 1 is 0.933 bits per heavy atom. The van der Waals surface area contributed by atoms with Crippen LogP contribution >= 0.6 is 0 Å². The maximum absolute atomic E-state index is 12.9. The van der Waals surface area contributed by atoms with Crippen molar-refractivity contribution in [1.82, 2.24) is 4.57 Å². The van der Waals surface area contributed by atoms with E-state index in [1.165, 1.54) is 10.9 Å². The number of hydrogen-bond donors (Lipinski definition) is 1. The summed E-state index contributed by atoms with van der Waals surface area (Å²) >= 11 is 0. The predicted molar refractivity (Wildman–Crippen MR) is 121 cm³/mol. The zero-order valence-electron chi connectivity index (χ0n) is 17.5. The first-order valence-corrected chi connectivity index (χ1v) is 10.3. The molecule has 0 spiro atoms. The average molecular weight is 402 g/mol. The summed E-state index contributed by atoms with van der Waals surface area (Å²) in [4.78, 5) is 12.9. The van der Waals surface area contributed by atoms with Crippen molar-refractivity contribution in [1.29, 1.82) is 0 Å². The lowest BCUT2D eigenvalue weighted by atomic mass is 10.1. The van der Waals surface area contributed by atoms with Gasteiger partial charge in [0.1, 0.15) is 11.5 Å². The summed E-state index contributed by atoms with van der Waals surface area (Å²) in [5, 5.41) is 5.34. The predicted octanol–water partition coefficient (Wildman–Crippen LogP) is 5.62. The van der Waals surface area contributed by atoms with Crippen LogP contribution in [-0.2, 0) is 11.3 Å². The lowest BCUT2D eigenvalue weighted by Crippen LogP contribution is -2.32. The summed E-state index contributed by atoms with van der Waals surface area (Å²) < 4.78 is 13.4. The number of amides is 1. The highest BCUT2D eigenvalue weighted by molar-refractivity contribution is 6.10. The minimum atomic E-state index is -0.593. The number of carbonyl (C=O) groups is 1. The molecule has 4 aromatic rings. The van der Waals surface area contributed by atoms with E-state index in [-0.39, 0.29) is 5.91 Å². The summed E-state index contributed by atoms with van der Waals surface area (Å²) in [5.74, 6) is 1.14. The standard InChI is InChI=1S/C25H26N2O3/c1-4-24(30-19-10-8-9-18(16-19)29-3)25(28)26-17-13-14-23-21(15-17)20-11-6-7-12-22(20)27(23)5-2/h6-16,24H,4-5H2,1-3H3,(H,26,28)/t24-/m0/s1. The molecule has 5 heteroatoms. The van der Waals surface area contributed by atoms with Gasteiger partial charge < -0.3 is 19.4 Å². The van der Waals surface area contributed by atoms with E-state index in [2.05, 4.69) is 41.1 Å². The summed E-state index contributed by atoms with van der Waals surface area (Å²) in [6, 6.07) is 21.7. The van der Waals surface area contributed by atoms with E-state index in [9.17, 15) is 4.79 Å². The van der Waals surface area contributed by atoms with Gasteiger partial charge in [-0.1, -0.05) is 31.2 Å². The number of methoxy groups -OCH3 is 1. The zero-order valence-corrected chi connectivity index (χ0v) is 17.5. The van der Waals surface area contributed by atoms with Gasteiger partial charge in [0.05, 0.1) is 7.11 Å². The smallest absolute Gasteiger partial charge is 0.265 e. The van der Waals surface area contributed by atoms with Crippen molar-refractivity contribution >= 4 is 33.4 Å². The third kappa shape index (κ3) is 3.71. The van der Waals surface area contributed by atoms with Crippen molar-refractivity contribution < 1.29 is 14.3 Å². The molecule has 0 aliphatic heterocycles. The van der Waals surface area contributed by atoms with Gasteiger partial charge in [-0.2, -0.15) is 0 Å². The normalized spacial score (nSPS) is 12.1. The molecule has 1 aromatic heterocycles. The van der Waals surface area contributed by atoms with Gasteiger partial charge in [0.2, 0.25) is 0 Å². The van der Waals surface area contributed by atoms with Crippen molar-refractivity contribution in [2.75, 3.05) is 12.4 Å². The topological polar surface area (TPSA) is 52.5 Å². The maximum atomic E-state index is 12.9. The van der Waals surface area contributed by atoms with Crippen molar-refractivity contribution in [3.8, 4) is 11.5 Å². The Labute approximate surface area is 176 Å². The monoisotopic (exact) mass is 402 g/mol. The fourth-order valence-corrected chi connectivity index (χ4v) is 3.86. The second kappa shape index (κ2) is 8.49. The molecule has 1 atom stereocenters. The first-order chi connectivity index (χ1) is 14.6. The van der Waals surface area contributed by atoms with E-state index in [0.717, 1.165) is 23.1 Å². The number of aromatic nitrogens is 1. The molecule has 1 amide bonds. The molecule has 1 N–H and O–H groups in total. The molecule has 4 rings (SSSR count). The number of ether oxygens (including phenoxy) is 2. The molecule has 0 fully saturated rings. The Balaban J connectivity index is 1.59. The van der Waals surface area contributed by atoms with Crippen molar-refractivity contribution in [3.63, 3.8) is 0 Å². The number of nitrogens with zero attached hydrogens (tertiary/aromatic N) is 1. The lowest BCUT2D eigenvalue weighted by Gasteiger charge is -2.18. The molecular weight excluding hydrogens is 376 g/mol. The van der Waals surface area contributed by atoms with Crippen LogP contribution in [0.5, 0.6) is 11.5 Å². The van der Waals surface area contributed by atoms with Crippen LogP contribution in [-0.4, -0.2) is 23.7 Å². The molecule has 0 saturated heterocycles. The highest BCUT2D eigenvalue weighted by Gasteiger charge is 2.19. The Morgan fingerprint density at radius 2 is 1.70 bits per heavy atom. The molecule has 0 saturated carbocycles. The number of para-hydroxylation sites is 1. The van der Waals surface area contributed by atoms with Crippen LogP contribution in [0.1, 0.15) is 20.3 Å². The van der Waals surface area contributed by atoms with E-state index >= 15 is 0 Å².